The van der Waals surface area contributed by atoms with E-state index in [0.29, 0.717) is 0 Å². The topological polar surface area (TPSA) is 0 Å². The van der Waals surface area contributed by atoms with E-state index in [4.69, 9.17) is 0 Å². The van der Waals surface area contributed by atoms with Crippen LogP contribution in [0.5, 0.6) is 0 Å². The zero-order valence-corrected chi connectivity index (χ0v) is 15.6. The van der Waals surface area contributed by atoms with Gasteiger partial charge in [-0.3, -0.25) is 0 Å². The standard InChI is InChI=1S/C20H35P/c1-5-10(2)8-13(21)9-11(3)16-17-12(4)18(16)20-15-7-6-14(15)19(17)20/h10-20H,5-9,21H2,1-4H3. The lowest BCUT2D eigenvalue weighted by Gasteiger charge is -2.57. The van der Waals surface area contributed by atoms with Crippen molar-refractivity contribution in [2.45, 2.75) is 65.5 Å². The lowest BCUT2D eigenvalue weighted by atomic mass is 9.48. The summed E-state index contributed by atoms with van der Waals surface area (Å²) in [7, 11) is 3.18. The van der Waals surface area contributed by atoms with Crippen molar-refractivity contribution in [2.24, 2.45) is 59.2 Å². The molecule has 10 unspecified atom stereocenters. The Bertz CT molecular complexity index is 381. The molecule has 1 heteroatoms. The van der Waals surface area contributed by atoms with Crippen molar-refractivity contribution in [1.29, 1.82) is 0 Å². The highest BCUT2D eigenvalue weighted by Crippen LogP contribution is 2.79. The molecular formula is C20H35P. The van der Waals surface area contributed by atoms with Crippen LogP contribution >= 0.6 is 9.24 Å². The average Bonchev–Trinajstić information content (AvgIpc) is 2.82. The average molecular weight is 306 g/mol. The highest BCUT2D eigenvalue weighted by molar-refractivity contribution is 7.17. The van der Waals surface area contributed by atoms with E-state index in [9.17, 15) is 0 Å². The second kappa shape index (κ2) is 5.22. The van der Waals surface area contributed by atoms with Gasteiger partial charge in [-0.1, -0.05) is 34.1 Å². The fourth-order valence-electron chi connectivity index (χ4n) is 7.47. The summed E-state index contributed by atoms with van der Waals surface area (Å²) in [6, 6.07) is 0. The van der Waals surface area contributed by atoms with Crippen molar-refractivity contribution in [3.8, 4) is 0 Å². The minimum atomic E-state index is 0.861. The van der Waals surface area contributed by atoms with Crippen LogP contribution in [0.25, 0.3) is 0 Å². The SMILES string of the molecule is CCC(C)CC(P)CC(C)C1C2C(C)C1C1C3CCC3C21. The molecule has 0 amide bonds. The van der Waals surface area contributed by atoms with Gasteiger partial charge in [-0.05, 0) is 90.5 Å². The van der Waals surface area contributed by atoms with Crippen LogP contribution in [-0.2, 0) is 0 Å². The second-order valence-electron chi connectivity index (χ2n) is 9.37. The molecule has 5 fully saturated rings. The molecule has 0 aromatic heterocycles. The Morgan fingerprint density at radius 1 is 0.952 bits per heavy atom. The van der Waals surface area contributed by atoms with Crippen LogP contribution in [0.4, 0.5) is 0 Å². The Labute approximate surface area is 134 Å². The number of rotatable bonds is 6. The van der Waals surface area contributed by atoms with Crippen LogP contribution in [-0.4, -0.2) is 5.66 Å². The predicted molar refractivity (Wildman–Crippen MR) is 94.2 cm³/mol. The first-order valence-corrected chi connectivity index (χ1v) is 10.5. The van der Waals surface area contributed by atoms with Gasteiger partial charge in [-0.2, -0.15) is 0 Å². The van der Waals surface area contributed by atoms with E-state index in [1.165, 1.54) is 42.9 Å². The summed E-state index contributed by atoms with van der Waals surface area (Å²) in [5.41, 5.74) is 0.861. The molecule has 0 aliphatic heterocycles. The van der Waals surface area contributed by atoms with Gasteiger partial charge in [0, 0.05) is 0 Å². The lowest BCUT2D eigenvalue weighted by molar-refractivity contribution is -0.0852. The zero-order chi connectivity index (χ0) is 14.9. The van der Waals surface area contributed by atoms with Crippen molar-refractivity contribution in [1.82, 2.24) is 0 Å². The first kappa shape index (κ1) is 15.0. The van der Waals surface area contributed by atoms with E-state index in [1.807, 2.05) is 0 Å². The molecule has 0 aromatic rings. The van der Waals surface area contributed by atoms with Crippen LogP contribution in [0, 0.1) is 59.2 Å². The third kappa shape index (κ3) is 1.96. The summed E-state index contributed by atoms with van der Waals surface area (Å²) >= 11 is 0. The summed E-state index contributed by atoms with van der Waals surface area (Å²) in [5, 5.41) is 0. The summed E-state index contributed by atoms with van der Waals surface area (Å²) in [4.78, 5) is 0. The summed E-state index contributed by atoms with van der Waals surface area (Å²) in [6.45, 7) is 9.95. The van der Waals surface area contributed by atoms with Crippen molar-refractivity contribution < 1.29 is 0 Å². The van der Waals surface area contributed by atoms with Crippen LogP contribution in [0.15, 0.2) is 0 Å². The summed E-state index contributed by atoms with van der Waals surface area (Å²) < 4.78 is 0. The number of fused-ring (bicyclic) bond motifs is 1. The fourth-order valence-corrected chi connectivity index (χ4v) is 8.37. The molecule has 0 radical (unpaired) electrons. The maximum atomic E-state index is 3.18. The zero-order valence-electron chi connectivity index (χ0n) is 14.5. The second-order valence-corrected chi connectivity index (χ2v) is 10.3. The molecule has 0 spiro atoms. The van der Waals surface area contributed by atoms with Gasteiger partial charge in [-0.15, -0.1) is 9.24 Å². The van der Waals surface area contributed by atoms with Gasteiger partial charge < -0.3 is 0 Å². The predicted octanol–water partition coefficient (Wildman–Crippen LogP) is 5.48. The normalized spacial score (nSPS) is 53.6. The van der Waals surface area contributed by atoms with Crippen LogP contribution in [0.1, 0.15) is 59.8 Å². The molecular weight excluding hydrogens is 271 g/mol. The molecule has 0 saturated heterocycles. The van der Waals surface area contributed by atoms with Crippen molar-refractivity contribution >= 4 is 9.24 Å². The van der Waals surface area contributed by atoms with Crippen LogP contribution in [0.3, 0.4) is 0 Å². The molecule has 5 aliphatic rings. The molecule has 10 atom stereocenters. The molecule has 2 bridgehead atoms. The molecule has 5 aliphatic carbocycles. The Kier molecular flexibility index (Phi) is 3.73. The van der Waals surface area contributed by atoms with Crippen LogP contribution < -0.4 is 0 Å². The maximum Gasteiger partial charge on any atom is -0.0259 e. The largest absolute Gasteiger partial charge is 0.134 e. The molecule has 0 heterocycles. The molecule has 21 heavy (non-hydrogen) atoms. The molecule has 0 nitrogen and oxygen atoms in total. The third-order valence-corrected chi connectivity index (χ3v) is 9.09. The molecule has 0 N–H and O–H groups in total. The molecule has 0 aromatic carbocycles. The Hall–Kier alpha value is 0.430. The van der Waals surface area contributed by atoms with Crippen LogP contribution in [0.2, 0.25) is 0 Å². The van der Waals surface area contributed by atoms with E-state index in [1.54, 1.807) is 12.8 Å². The van der Waals surface area contributed by atoms with E-state index < -0.39 is 0 Å². The fraction of sp³-hybridized carbons (Fsp3) is 1.00. The van der Waals surface area contributed by atoms with Gasteiger partial charge in [0.25, 0.3) is 0 Å². The minimum absolute atomic E-state index is 0.861. The van der Waals surface area contributed by atoms with Crippen molar-refractivity contribution in [3.05, 3.63) is 0 Å². The summed E-state index contributed by atoms with van der Waals surface area (Å²) in [5.74, 6) is 11.1. The van der Waals surface area contributed by atoms with Gasteiger partial charge in [0.05, 0.1) is 0 Å². The summed E-state index contributed by atoms with van der Waals surface area (Å²) in [6.07, 6.45) is 7.40. The Morgan fingerprint density at radius 3 is 2.00 bits per heavy atom. The van der Waals surface area contributed by atoms with Crippen molar-refractivity contribution in [2.75, 3.05) is 0 Å². The maximum absolute atomic E-state index is 3.18. The van der Waals surface area contributed by atoms with Gasteiger partial charge >= 0.3 is 0 Å². The minimum Gasteiger partial charge on any atom is -0.134 e. The Balaban J connectivity index is 1.37. The first-order chi connectivity index (χ1) is 10.0. The van der Waals surface area contributed by atoms with E-state index >= 15 is 0 Å². The number of hydrogen-bond acceptors (Lipinski definition) is 0. The highest BCUT2D eigenvalue weighted by atomic mass is 31.0. The quantitative estimate of drug-likeness (QED) is 0.570. The Morgan fingerprint density at radius 2 is 1.52 bits per heavy atom. The molecule has 5 rings (SSSR count). The van der Waals surface area contributed by atoms with E-state index in [-0.39, 0.29) is 0 Å². The van der Waals surface area contributed by atoms with E-state index in [2.05, 4.69) is 36.9 Å². The smallest absolute Gasteiger partial charge is 0.0259 e. The monoisotopic (exact) mass is 306 g/mol. The molecule has 120 valence electrons. The van der Waals surface area contributed by atoms with E-state index in [0.717, 1.165) is 41.2 Å². The molecule has 5 saturated carbocycles. The third-order valence-electron chi connectivity index (χ3n) is 8.54. The lowest BCUT2D eigenvalue weighted by Crippen LogP contribution is -2.51. The van der Waals surface area contributed by atoms with Crippen molar-refractivity contribution in [3.63, 3.8) is 0 Å². The first-order valence-electron chi connectivity index (χ1n) is 9.80. The number of hydrogen-bond donors (Lipinski definition) is 0. The van der Waals surface area contributed by atoms with Gasteiger partial charge in [-0.25, -0.2) is 0 Å². The van der Waals surface area contributed by atoms with Gasteiger partial charge in [0.2, 0.25) is 0 Å². The van der Waals surface area contributed by atoms with Gasteiger partial charge in [0.15, 0.2) is 0 Å². The van der Waals surface area contributed by atoms with Gasteiger partial charge in [0.1, 0.15) is 0 Å². The highest BCUT2D eigenvalue weighted by Gasteiger charge is 2.75.